The molecule has 3 N–H and O–H groups in total. The van der Waals surface area contributed by atoms with Gasteiger partial charge in [0.15, 0.2) is 0 Å². The first kappa shape index (κ1) is 20.8. The van der Waals surface area contributed by atoms with Crippen molar-refractivity contribution in [2.24, 2.45) is 5.41 Å². The average molecular weight is 457 g/mol. The zero-order valence-electron chi connectivity index (χ0n) is 19.8. The van der Waals surface area contributed by atoms with Gasteiger partial charge in [0.2, 0.25) is 0 Å². The number of carbonyl (C=O) groups excluding carboxylic acids is 1. The number of rotatable bonds is 5. The summed E-state index contributed by atoms with van der Waals surface area (Å²) < 4.78 is 14.9. The van der Waals surface area contributed by atoms with Gasteiger partial charge in [0.05, 0.1) is 24.2 Å². The third-order valence-corrected chi connectivity index (χ3v) is 5.90. The van der Waals surface area contributed by atoms with E-state index >= 15 is 0 Å². The van der Waals surface area contributed by atoms with Gasteiger partial charge in [-0.15, -0.1) is 0 Å². The zero-order chi connectivity index (χ0) is 24.5. The molecule has 0 unspecified atom stereocenters. The van der Waals surface area contributed by atoms with Gasteiger partial charge in [-0.25, -0.2) is 0 Å². The summed E-state index contributed by atoms with van der Waals surface area (Å²) in [5, 5.41) is 9.20. The molecule has 32 heavy (non-hydrogen) atoms. The van der Waals surface area contributed by atoms with Crippen LogP contribution in [0.15, 0.2) is 38.3 Å². The second-order valence-electron chi connectivity index (χ2n) is 9.62. The minimum atomic E-state index is -1.54. The van der Waals surface area contributed by atoms with E-state index < -0.39 is 27.8 Å². The highest BCUT2D eigenvalue weighted by Gasteiger charge is 2.40. The molecule has 0 saturated carbocycles. The van der Waals surface area contributed by atoms with Crippen molar-refractivity contribution in [3.63, 3.8) is 0 Å². The predicted octanol–water partition coefficient (Wildman–Crippen LogP) is 4.76. The number of aryl methyl sites for hydroxylation is 1. The molecule has 1 amide bonds. The van der Waals surface area contributed by atoms with Crippen LogP contribution in [-0.2, 0) is 5.54 Å². The summed E-state index contributed by atoms with van der Waals surface area (Å²) in [7, 11) is 0. The standard InChI is InChI=1S/C24H26ClN3O4/c1-11-7-10-14(32-11)21(23(2,3)4)27-18-17(19(29)20(18)30)26-13-9-8-12(25)16-15(13)22(31)28-24(16,5)6/h7-10,21,26-27H,1-6H3,(H,28,31)/t21-/m1/s1/i21D. The van der Waals surface area contributed by atoms with Crippen molar-refractivity contribution in [1.82, 2.24) is 5.32 Å². The number of fused-ring (bicyclic) bond motifs is 1. The first-order valence-electron chi connectivity index (χ1n) is 10.8. The SMILES string of the molecule is [2H][C@@](Nc1c(Nc2ccc(Cl)c3c2C(=O)NC3(C)C)c(=O)c1=O)(c1ccc(C)o1)C(C)(C)C. The van der Waals surface area contributed by atoms with Gasteiger partial charge in [0.1, 0.15) is 22.9 Å². The molecular weight excluding hydrogens is 430 g/mol. The molecule has 1 aliphatic rings. The number of hydrogen-bond donors (Lipinski definition) is 3. The summed E-state index contributed by atoms with van der Waals surface area (Å²) in [6.07, 6.45) is 0. The van der Waals surface area contributed by atoms with Crippen LogP contribution < -0.4 is 26.8 Å². The van der Waals surface area contributed by atoms with E-state index in [4.69, 9.17) is 17.4 Å². The van der Waals surface area contributed by atoms with E-state index in [1.165, 1.54) is 0 Å². The number of furan rings is 1. The van der Waals surface area contributed by atoms with Crippen LogP contribution in [0.4, 0.5) is 17.1 Å². The van der Waals surface area contributed by atoms with Crippen LogP contribution in [0, 0.1) is 12.3 Å². The van der Waals surface area contributed by atoms with Gasteiger partial charge in [0, 0.05) is 10.6 Å². The monoisotopic (exact) mass is 456 g/mol. The van der Waals surface area contributed by atoms with Crippen molar-refractivity contribution in [3.8, 4) is 0 Å². The van der Waals surface area contributed by atoms with Crippen LogP contribution in [0.1, 0.15) is 69.4 Å². The number of benzene rings is 1. The molecule has 2 heterocycles. The van der Waals surface area contributed by atoms with E-state index in [1.807, 2.05) is 34.6 Å². The predicted molar refractivity (Wildman–Crippen MR) is 126 cm³/mol. The molecule has 0 radical (unpaired) electrons. The molecule has 0 bridgehead atoms. The van der Waals surface area contributed by atoms with Crippen molar-refractivity contribution in [3.05, 3.63) is 72.4 Å². The fourth-order valence-electron chi connectivity index (χ4n) is 4.01. The molecule has 1 aliphatic heterocycles. The molecule has 0 aliphatic carbocycles. The Hall–Kier alpha value is -3.06. The van der Waals surface area contributed by atoms with E-state index in [9.17, 15) is 14.4 Å². The average Bonchev–Trinajstić information content (AvgIpc) is 3.25. The van der Waals surface area contributed by atoms with Gasteiger partial charge in [0.25, 0.3) is 16.8 Å². The molecular formula is C24H26ClN3O4. The highest BCUT2D eigenvalue weighted by Crippen LogP contribution is 2.42. The largest absolute Gasteiger partial charge is 0.464 e. The number of carbonyl (C=O) groups is 1. The van der Waals surface area contributed by atoms with Gasteiger partial charge >= 0.3 is 0 Å². The summed E-state index contributed by atoms with van der Waals surface area (Å²) in [6.45, 7) is 10.9. The first-order valence-corrected chi connectivity index (χ1v) is 10.7. The van der Waals surface area contributed by atoms with Crippen LogP contribution in [0.2, 0.25) is 5.02 Å². The number of anilines is 3. The van der Waals surface area contributed by atoms with Crippen LogP contribution in [0.25, 0.3) is 0 Å². The summed E-state index contributed by atoms with van der Waals surface area (Å²) in [4.78, 5) is 37.7. The van der Waals surface area contributed by atoms with Crippen LogP contribution in [0.3, 0.4) is 0 Å². The Morgan fingerprint density at radius 3 is 2.34 bits per heavy atom. The zero-order valence-corrected chi connectivity index (χ0v) is 19.6. The Bertz CT molecular complexity index is 1360. The molecule has 0 spiro atoms. The normalized spacial score (nSPS) is 17.5. The lowest BCUT2D eigenvalue weighted by Gasteiger charge is -2.31. The van der Waals surface area contributed by atoms with Gasteiger partial charge < -0.3 is 20.4 Å². The minimum Gasteiger partial charge on any atom is -0.464 e. The molecule has 0 fully saturated rings. The summed E-state index contributed by atoms with van der Waals surface area (Å²) in [5.74, 6) is 0.616. The third-order valence-electron chi connectivity index (χ3n) is 5.59. The highest BCUT2D eigenvalue weighted by molar-refractivity contribution is 6.32. The Morgan fingerprint density at radius 2 is 1.75 bits per heavy atom. The van der Waals surface area contributed by atoms with Crippen molar-refractivity contribution in [2.75, 3.05) is 10.6 Å². The number of halogens is 1. The second-order valence-corrected chi connectivity index (χ2v) is 10.0. The molecule has 1 aromatic heterocycles. The Balaban J connectivity index is 1.78. The van der Waals surface area contributed by atoms with Crippen LogP contribution in [-0.4, -0.2) is 5.91 Å². The molecule has 2 aromatic carbocycles. The van der Waals surface area contributed by atoms with Gasteiger partial charge in [-0.05, 0) is 50.5 Å². The molecule has 8 heteroatoms. The number of hydrogen-bond acceptors (Lipinski definition) is 6. The maximum atomic E-state index is 12.7. The van der Waals surface area contributed by atoms with Crippen LogP contribution in [0.5, 0.6) is 0 Å². The Morgan fingerprint density at radius 1 is 1.09 bits per heavy atom. The quantitative estimate of drug-likeness (QED) is 0.478. The van der Waals surface area contributed by atoms with E-state index in [0.717, 1.165) is 0 Å². The molecule has 1 atom stereocenters. The summed E-state index contributed by atoms with van der Waals surface area (Å²) in [6, 6.07) is 5.11. The fourth-order valence-corrected chi connectivity index (χ4v) is 4.41. The number of amides is 1. The van der Waals surface area contributed by atoms with E-state index in [2.05, 4.69) is 16.0 Å². The van der Waals surface area contributed by atoms with E-state index in [0.29, 0.717) is 33.4 Å². The molecule has 4 rings (SSSR count). The molecule has 0 saturated heterocycles. The van der Waals surface area contributed by atoms with E-state index in [1.54, 1.807) is 31.2 Å². The Kier molecular flexibility index (Phi) is 4.71. The van der Waals surface area contributed by atoms with Gasteiger partial charge in [-0.3, -0.25) is 14.4 Å². The van der Waals surface area contributed by atoms with Crippen molar-refractivity contribution >= 4 is 34.6 Å². The maximum absolute atomic E-state index is 12.7. The van der Waals surface area contributed by atoms with Crippen molar-refractivity contribution in [1.29, 1.82) is 0 Å². The smallest absolute Gasteiger partial charge is 0.254 e. The minimum absolute atomic E-state index is 0.00817. The first-order chi connectivity index (χ1) is 15.2. The lowest BCUT2D eigenvalue weighted by atomic mass is 9.84. The lowest BCUT2D eigenvalue weighted by Crippen LogP contribution is -2.39. The van der Waals surface area contributed by atoms with Gasteiger partial charge in [-0.1, -0.05) is 32.4 Å². The maximum Gasteiger partial charge on any atom is 0.254 e. The lowest BCUT2D eigenvalue weighted by molar-refractivity contribution is 0.0941. The second kappa shape index (κ2) is 7.24. The number of nitrogens with one attached hydrogen (secondary N) is 3. The highest BCUT2D eigenvalue weighted by atomic mass is 35.5. The summed E-state index contributed by atoms with van der Waals surface area (Å²) in [5.41, 5.74) is -1.61. The van der Waals surface area contributed by atoms with Gasteiger partial charge in [-0.2, -0.15) is 0 Å². The topological polar surface area (TPSA) is 100 Å². The van der Waals surface area contributed by atoms with E-state index in [-0.39, 0.29) is 17.3 Å². The summed E-state index contributed by atoms with van der Waals surface area (Å²) >= 11 is 6.36. The molecule has 3 aromatic rings. The third kappa shape index (κ3) is 3.50. The molecule has 7 nitrogen and oxygen atoms in total. The van der Waals surface area contributed by atoms with Crippen molar-refractivity contribution in [2.45, 2.75) is 53.1 Å². The fraction of sp³-hybridized carbons (Fsp3) is 0.375. The Labute approximate surface area is 192 Å². The van der Waals surface area contributed by atoms with Crippen molar-refractivity contribution < 1.29 is 10.6 Å². The van der Waals surface area contributed by atoms with Crippen LogP contribution >= 0.6 is 11.6 Å². The molecule has 168 valence electrons.